The molecule has 12 heavy (non-hydrogen) atoms. The Morgan fingerprint density at radius 2 is 2.33 bits per heavy atom. The van der Waals surface area contributed by atoms with Crippen molar-refractivity contribution in [2.75, 3.05) is 0 Å². The van der Waals surface area contributed by atoms with E-state index in [1.54, 1.807) is 0 Å². The third-order valence-corrected chi connectivity index (χ3v) is 1.80. The van der Waals surface area contributed by atoms with E-state index in [2.05, 4.69) is 27.4 Å². The predicted molar refractivity (Wildman–Crippen MR) is 52.4 cm³/mol. The maximum atomic E-state index is 4.48. The van der Waals surface area contributed by atoms with Gasteiger partial charge in [0.15, 0.2) is 0 Å². The highest BCUT2D eigenvalue weighted by Crippen LogP contribution is 2.08. The minimum Gasteiger partial charge on any atom is -0.261 e. The number of aromatic nitrogens is 1. The molecule has 62 valence electrons. The molecule has 0 aliphatic rings. The topological polar surface area (TPSA) is 25.2 Å². The first-order chi connectivity index (χ1) is 5.74. The third-order valence-electron chi connectivity index (χ3n) is 1.67. The largest absolute Gasteiger partial charge is 0.261 e. The van der Waals surface area contributed by atoms with Crippen molar-refractivity contribution < 1.29 is 0 Å². The minimum absolute atomic E-state index is 0.586. The molecule has 1 aromatic rings. The van der Waals surface area contributed by atoms with E-state index in [1.807, 2.05) is 26.1 Å². The predicted octanol–water partition coefficient (Wildman–Crippen LogP) is 2.30. The molecule has 1 aromatic heterocycles. The molecule has 0 amide bonds. The van der Waals surface area contributed by atoms with Crippen LogP contribution in [0.5, 0.6) is 0 Å². The molecule has 0 bridgehead atoms. The number of rotatable bonds is 2. The molecule has 0 unspecified atom stereocenters. The van der Waals surface area contributed by atoms with Gasteiger partial charge in [-0.1, -0.05) is 0 Å². The van der Waals surface area contributed by atoms with Crippen LogP contribution in [0.15, 0.2) is 17.3 Å². The molecule has 0 saturated carbocycles. The number of hydrogen-bond acceptors (Lipinski definition) is 3. The van der Waals surface area contributed by atoms with Crippen molar-refractivity contribution in [1.29, 1.82) is 0 Å². The van der Waals surface area contributed by atoms with Crippen LogP contribution >= 0.6 is 12.2 Å². The number of pyridine rings is 1. The second-order valence-electron chi connectivity index (χ2n) is 2.66. The van der Waals surface area contributed by atoms with Crippen LogP contribution in [0.4, 0.5) is 0 Å². The molecule has 0 fully saturated rings. The van der Waals surface area contributed by atoms with E-state index in [-0.39, 0.29) is 0 Å². The van der Waals surface area contributed by atoms with E-state index in [4.69, 9.17) is 0 Å². The van der Waals surface area contributed by atoms with Crippen molar-refractivity contribution in [3.63, 3.8) is 0 Å². The fourth-order valence-electron chi connectivity index (χ4n) is 1.01. The number of nitrogens with zero attached hydrogens (tertiary/aromatic N) is 2. The molecule has 0 atom stereocenters. The van der Waals surface area contributed by atoms with Gasteiger partial charge < -0.3 is 0 Å². The van der Waals surface area contributed by atoms with Gasteiger partial charge in [0.1, 0.15) is 0 Å². The van der Waals surface area contributed by atoms with Crippen LogP contribution in [0.2, 0.25) is 0 Å². The number of aliphatic imine (C=N–C) groups is 1. The van der Waals surface area contributed by atoms with Crippen molar-refractivity contribution in [1.82, 2.24) is 4.98 Å². The maximum Gasteiger partial charge on any atom is 0.0760 e. The number of isothiocyanates is 1. The highest BCUT2D eigenvalue weighted by Gasteiger charge is 1.96. The Balaban J connectivity index is 2.93. The fraction of sp³-hybridized carbons (Fsp3) is 0.333. The fourth-order valence-corrected chi connectivity index (χ4v) is 1.07. The molecule has 3 heteroatoms. The normalized spacial score (nSPS) is 9.17. The summed E-state index contributed by atoms with van der Waals surface area (Å²) < 4.78 is 0. The summed E-state index contributed by atoms with van der Waals surface area (Å²) in [5, 5.41) is 2.34. The first-order valence-electron chi connectivity index (χ1n) is 3.70. The molecule has 0 aromatic carbocycles. The highest BCUT2D eigenvalue weighted by atomic mass is 32.1. The van der Waals surface area contributed by atoms with Gasteiger partial charge in [-0.25, -0.2) is 4.99 Å². The second-order valence-corrected chi connectivity index (χ2v) is 2.84. The van der Waals surface area contributed by atoms with Crippen LogP contribution in [0.25, 0.3) is 0 Å². The summed E-state index contributed by atoms with van der Waals surface area (Å²) in [6.45, 7) is 4.60. The molecular formula is C9H10N2S. The van der Waals surface area contributed by atoms with Gasteiger partial charge in [0.25, 0.3) is 0 Å². The summed E-state index contributed by atoms with van der Waals surface area (Å²) in [7, 11) is 0. The van der Waals surface area contributed by atoms with E-state index in [0.29, 0.717) is 6.54 Å². The van der Waals surface area contributed by atoms with E-state index in [0.717, 1.165) is 11.3 Å². The van der Waals surface area contributed by atoms with Gasteiger partial charge in [-0.15, -0.1) is 0 Å². The first-order valence-corrected chi connectivity index (χ1v) is 4.10. The summed E-state index contributed by atoms with van der Waals surface area (Å²) in [6.07, 6.45) is 1.83. The van der Waals surface area contributed by atoms with Crippen LogP contribution in [0, 0.1) is 13.8 Å². The van der Waals surface area contributed by atoms with Gasteiger partial charge in [0.2, 0.25) is 0 Å². The van der Waals surface area contributed by atoms with Crippen LogP contribution in [-0.2, 0) is 6.54 Å². The smallest absolute Gasteiger partial charge is 0.0760 e. The molecule has 0 spiro atoms. The maximum absolute atomic E-state index is 4.48. The zero-order valence-electron chi connectivity index (χ0n) is 7.16. The Bertz CT molecular complexity index is 327. The molecule has 0 saturated heterocycles. The lowest BCUT2D eigenvalue weighted by Gasteiger charge is -2.01. The average molecular weight is 178 g/mol. The van der Waals surface area contributed by atoms with Gasteiger partial charge >= 0.3 is 0 Å². The van der Waals surface area contributed by atoms with E-state index in [1.165, 1.54) is 5.56 Å². The minimum atomic E-state index is 0.586. The monoisotopic (exact) mass is 178 g/mol. The number of hydrogen-bond donors (Lipinski definition) is 0. The quantitative estimate of drug-likeness (QED) is 0.513. The summed E-state index contributed by atoms with van der Waals surface area (Å²) in [5.41, 5.74) is 3.34. The van der Waals surface area contributed by atoms with E-state index >= 15 is 0 Å². The van der Waals surface area contributed by atoms with Crippen molar-refractivity contribution in [3.8, 4) is 0 Å². The molecule has 1 rings (SSSR count). The van der Waals surface area contributed by atoms with Crippen molar-refractivity contribution >= 4 is 17.4 Å². The second kappa shape index (κ2) is 4.10. The Hall–Kier alpha value is -1.05. The zero-order valence-corrected chi connectivity index (χ0v) is 7.98. The standard InChI is InChI=1S/C9H10N2S/c1-7-3-8(2)11-5-9(7)4-10-6-12/h3,5H,4H2,1-2H3. The van der Waals surface area contributed by atoms with Crippen LogP contribution in [0.1, 0.15) is 16.8 Å². The third kappa shape index (κ3) is 2.22. The number of thiocarbonyl (C=S) groups is 1. The molecule has 0 radical (unpaired) electrons. The van der Waals surface area contributed by atoms with Gasteiger partial charge in [-0.2, -0.15) is 0 Å². The lowest BCUT2D eigenvalue weighted by Crippen LogP contribution is -1.90. The molecule has 0 aliphatic carbocycles. The summed E-state index contributed by atoms with van der Waals surface area (Å²) in [4.78, 5) is 8.03. The van der Waals surface area contributed by atoms with E-state index in [9.17, 15) is 0 Å². The lowest BCUT2D eigenvalue weighted by atomic mass is 10.1. The Kier molecular flexibility index (Phi) is 3.09. The average Bonchev–Trinajstić information content (AvgIpc) is 2.03. The molecular weight excluding hydrogens is 168 g/mol. The first kappa shape index (κ1) is 9.04. The van der Waals surface area contributed by atoms with Crippen molar-refractivity contribution in [3.05, 3.63) is 29.1 Å². The summed E-state index contributed by atoms with van der Waals surface area (Å²) in [6, 6.07) is 2.04. The Labute approximate surface area is 77.4 Å². The van der Waals surface area contributed by atoms with Gasteiger partial charge in [-0.05, 0) is 43.3 Å². The summed E-state index contributed by atoms with van der Waals surface area (Å²) >= 11 is 4.48. The van der Waals surface area contributed by atoms with Crippen LogP contribution < -0.4 is 0 Å². The molecule has 0 N–H and O–H groups in total. The molecule has 1 heterocycles. The number of aryl methyl sites for hydroxylation is 2. The van der Waals surface area contributed by atoms with Gasteiger partial charge in [0, 0.05) is 11.9 Å². The Morgan fingerprint density at radius 3 is 2.92 bits per heavy atom. The van der Waals surface area contributed by atoms with Gasteiger partial charge in [-0.3, -0.25) is 4.98 Å². The highest BCUT2D eigenvalue weighted by molar-refractivity contribution is 7.78. The molecule has 2 nitrogen and oxygen atoms in total. The lowest BCUT2D eigenvalue weighted by molar-refractivity contribution is 1.02. The van der Waals surface area contributed by atoms with Crippen LogP contribution in [-0.4, -0.2) is 10.1 Å². The van der Waals surface area contributed by atoms with Crippen molar-refractivity contribution in [2.24, 2.45) is 4.99 Å². The summed E-state index contributed by atoms with van der Waals surface area (Å²) in [5.74, 6) is 0. The Morgan fingerprint density at radius 1 is 1.58 bits per heavy atom. The molecule has 0 aliphatic heterocycles. The van der Waals surface area contributed by atoms with E-state index < -0.39 is 0 Å². The SMILES string of the molecule is Cc1cc(C)c(CN=C=S)cn1. The van der Waals surface area contributed by atoms with Gasteiger partial charge in [0.05, 0.1) is 11.7 Å². The zero-order chi connectivity index (χ0) is 8.97. The van der Waals surface area contributed by atoms with Crippen molar-refractivity contribution in [2.45, 2.75) is 20.4 Å². The van der Waals surface area contributed by atoms with Crippen LogP contribution in [0.3, 0.4) is 0 Å².